The van der Waals surface area contributed by atoms with E-state index in [-0.39, 0.29) is 0 Å². The van der Waals surface area contributed by atoms with Crippen molar-refractivity contribution in [1.82, 2.24) is 29.9 Å². The molecule has 0 radical (unpaired) electrons. The van der Waals surface area contributed by atoms with Crippen LogP contribution in [0, 0.1) is 0 Å². The number of pyridine rings is 1. The Bertz CT molecular complexity index is 2520. The van der Waals surface area contributed by atoms with Crippen molar-refractivity contribution in [2.45, 2.75) is 0 Å². The Hall–Kier alpha value is -6.60. The van der Waals surface area contributed by atoms with E-state index in [1.165, 1.54) is 0 Å². The molecule has 0 saturated carbocycles. The molecule has 0 saturated heterocycles. The Morgan fingerprint density at radius 2 is 1.02 bits per heavy atom. The third-order valence-electron chi connectivity index (χ3n) is 8.18. The smallest absolute Gasteiger partial charge is 0.164 e. The highest BCUT2D eigenvalue weighted by Crippen LogP contribution is 2.32. The van der Waals surface area contributed by atoms with Crippen LogP contribution in [0.25, 0.3) is 89.8 Å². The molecule has 0 spiro atoms. The normalized spacial score (nSPS) is 11.4. The fourth-order valence-electron chi connectivity index (χ4n) is 5.82. The van der Waals surface area contributed by atoms with Crippen molar-refractivity contribution in [1.29, 1.82) is 0 Å². The molecule has 0 aliphatic heterocycles. The zero-order chi connectivity index (χ0) is 31.2. The van der Waals surface area contributed by atoms with Crippen LogP contribution in [0.3, 0.4) is 0 Å². The minimum absolute atomic E-state index is 0.607. The largest absolute Gasteiger partial charge is 0.454 e. The Morgan fingerprint density at radius 3 is 1.79 bits per heavy atom. The molecule has 0 fully saturated rings. The maximum absolute atomic E-state index is 5.97. The predicted octanol–water partition coefficient (Wildman–Crippen LogP) is 9.44. The molecular weight excluding hydrogens is 580 g/mol. The van der Waals surface area contributed by atoms with E-state index in [4.69, 9.17) is 34.3 Å². The van der Waals surface area contributed by atoms with Crippen molar-refractivity contribution in [3.8, 4) is 56.7 Å². The summed E-state index contributed by atoms with van der Waals surface area (Å²) in [5.41, 5.74) is 10.2. The number of furan rings is 1. The summed E-state index contributed by atoms with van der Waals surface area (Å²) in [5.74, 6) is 1.86. The van der Waals surface area contributed by atoms with Gasteiger partial charge in [0.1, 0.15) is 16.8 Å². The first kappa shape index (κ1) is 26.8. The van der Waals surface area contributed by atoms with E-state index in [2.05, 4.69) is 24.3 Å². The van der Waals surface area contributed by atoms with Crippen molar-refractivity contribution in [2.75, 3.05) is 0 Å². The van der Waals surface area contributed by atoms with Gasteiger partial charge in [0.05, 0.1) is 22.9 Å². The molecule has 0 amide bonds. The van der Waals surface area contributed by atoms with Gasteiger partial charge in [-0.15, -0.1) is 0 Å². The van der Waals surface area contributed by atoms with E-state index in [0.717, 1.165) is 66.6 Å². The van der Waals surface area contributed by atoms with E-state index in [1.807, 2.05) is 115 Å². The molecule has 47 heavy (non-hydrogen) atoms. The lowest BCUT2D eigenvalue weighted by Gasteiger charge is -2.10. The SMILES string of the molecule is c1ccc(-c2nc(-c3ccccc3)nc(-c3cccc(-c4ccc5ncc(-c6ccc7oc8ccccc8c7n6)nc5c4)c3)n2)cc1. The number of nitrogens with zero attached hydrogens (tertiary/aromatic N) is 6. The molecule has 220 valence electrons. The second kappa shape index (κ2) is 11.1. The van der Waals surface area contributed by atoms with Gasteiger partial charge in [0.2, 0.25) is 0 Å². The minimum atomic E-state index is 0.607. The highest BCUT2D eigenvalue weighted by Gasteiger charge is 2.14. The first-order valence-corrected chi connectivity index (χ1v) is 15.3. The molecule has 9 aromatic rings. The maximum atomic E-state index is 5.97. The molecule has 7 nitrogen and oxygen atoms in total. The fourth-order valence-corrected chi connectivity index (χ4v) is 5.82. The molecule has 5 aromatic carbocycles. The molecule has 7 heteroatoms. The quantitative estimate of drug-likeness (QED) is 0.193. The maximum Gasteiger partial charge on any atom is 0.164 e. The van der Waals surface area contributed by atoms with Crippen LogP contribution in [-0.2, 0) is 0 Å². The molecule has 0 N–H and O–H groups in total. The second-order valence-electron chi connectivity index (χ2n) is 11.2. The van der Waals surface area contributed by atoms with Gasteiger partial charge in [-0.1, -0.05) is 97.1 Å². The number of rotatable bonds is 5. The number of para-hydroxylation sites is 1. The van der Waals surface area contributed by atoms with Crippen LogP contribution in [0.4, 0.5) is 0 Å². The lowest BCUT2D eigenvalue weighted by Crippen LogP contribution is -2.00. The number of hydrogen-bond donors (Lipinski definition) is 0. The zero-order valence-corrected chi connectivity index (χ0v) is 24.9. The van der Waals surface area contributed by atoms with Crippen LogP contribution < -0.4 is 0 Å². The topological polar surface area (TPSA) is 90.5 Å². The predicted molar refractivity (Wildman–Crippen MR) is 185 cm³/mol. The van der Waals surface area contributed by atoms with E-state index in [1.54, 1.807) is 6.20 Å². The van der Waals surface area contributed by atoms with E-state index < -0.39 is 0 Å². The first-order valence-electron chi connectivity index (χ1n) is 15.3. The van der Waals surface area contributed by atoms with Gasteiger partial charge in [-0.2, -0.15) is 0 Å². The van der Waals surface area contributed by atoms with E-state index in [0.29, 0.717) is 23.2 Å². The fraction of sp³-hybridized carbons (Fsp3) is 0. The van der Waals surface area contributed by atoms with Gasteiger partial charge < -0.3 is 4.42 Å². The summed E-state index contributed by atoms with van der Waals surface area (Å²) in [6.07, 6.45) is 1.77. The summed E-state index contributed by atoms with van der Waals surface area (Å²) < 4.78 is 5.97. The highest BCUT2D eigenvalue weighted by molar-refractivity contribution is 6.03. The summed E-state index contributed by atoms with van der Waals surface area (Å²) in [6, 6.07) is 46.2. The molecular formula is C40H24N6O. The molecule has 0 bridgehead atoms. The second-order valence-corrected chi connectivity index (χ2v) is 11.2. The number of aromatic nitrogens is 6. The molecule has 9 rings (SSSR count). The van der Waals surface area contributed by atoms with Gasteiger partial charge in [-0.3, -0.25) is 4.98 Å². The molecule has 0 aliphatic carbocycles. The Kier molecular flexibility index (Phi) is 6.31. The van der Waals surface area contributed by atoms with Crippen molar-refractivity contribution < 1.29 is 4.42 Å². The van der Waals surface area contributed by atoms with Crippen LogP contribution in [0.5, 0.6) is 0 Å². The highest BCUT2D eigenvalue weighted by atomic mass is 16.3. The standard InChI is InChI=1S/C40H24N6O/c1-3-10-25(11-4-1)38-44-39(26-12-5-2-6-13-26)46-40(45-38)29-15-9-14-27(22-29)28-18-19-31-33(23-28)42-34(24-41-31)32-20-21-36-37(43-32)30-16-7-8-17-35(30)47-36/h1-24H. The van der Waals surface area contributed by atoms with Crippen molar-refractivity contribution in [3.05, 3.63) is 146 Å². The van der Waals surface area contributed by atoms with Gasteiger partial charge in [0, 0.05) is 22.1 Å². The average Bonchev–Trinajstić information content (AvgIpc) is 3.53. The summed E-state index contributed by atoms with van der Waals surface area (Å²) >= 11 is 0. The first-order chi connectivity index (χ1) is 23.2. The third-order valence-corrected chi connectivity index (χ3v) is 8.18. The van der Waals surface area contributed by atoms with Crippen LogP contribution in [-0.4, -0.2) is 29.9 Å². The van der Waals surface area contributed by atoms with E-state index >= 15 is 0 Å². The van der Waals surface area contributed by atoms with Gasteiger partial charge in [-0.25, -0.2) is 24.9 Å². The van der Waals surface area contributed by atoms with Crippen LogP contribution in [0.15, 0.2) is 150 Å². The Morgan fingerprint density at radius 1 is 0.383 bits per heavy atom. The average molecular weight is 605 g/mol. The van der Waals surface area contributed by atoms with Crippen molar-refractivity contribution in [2.24, 2.45) is 0 Å². The van der Waals surface area contributed by atoms with Crippen molar-refractivity contribution in [3.63, 3.8) is 0 Å². The minimum Gasteiger partial charge on any atom is -0.454 e. The Labute approximate surface area is 269 Å². The Balaban J connectivity index is 1.11. The van der Waals surface area contributed by atoms with Crippen LogP contribution >= 0.6 is 0 Å². The van der Waals surface area contributed by atoms with Crippen LogP contribution in [0.2, 0.25) is 0 Å². The molecule has 4 aromatic heterocycles. The molecule has 0 aliphatic rings. The van der Waals surface area contributed by atoms with Gasteiger partial charge >= 0.3 is 0 Å². The molecule has 0 atom stereocenters. The summed E-state index contributed by atoms with van der Waals surface area (Å²) in [4.78, 5) is 29.2. The molecule has 0 unspecified atom stereocenters. The number of hydrogen-bond acceptors (Lipinski definition) is 7. The lowest BCUT2D eigenvalue weighted by atomic mass is 10.0. The number of fused-ring (bicyclic) bond motifs is 4. The summed E-state index contributed by atoms with van der Waals surface area (Å²) in [7, 11) is 0. The summed E-state index contributed by atoms with van der Waals surface area (Å²) in [6.45, 7) is 0. The van der Waals surface area contributed by atoms with E-state index in [9.17, 15) is 0 Å². The van der Waals surface area contributed by atoms with Gasteiger partial charge in [0.25, 0.3) is 0 Å². The van der Waals surface area contributed by atoms with Crippen LogP contribution in [0.1, 0.15) is 0 Å². The zero-order valence-electron chi connectivity index (χ0n) is 24.9. The lowest BCUT2D eigenvalue weighted by molar-refractivity contribution is 0.668. The molecule has 4 heterocycles. The summed E-state index contributed by atoms with van der Waals surface area (Å²) in [5, 5.41) is 0.977. The van der Waals surface area contributed by atoms with Gasteiger partial charge in [0.15, 0.2) is 23.1 Å². The monoisotopic (exact) mass is 604 g/mol. The van der Waals surface area contributed by atoms with Gasteiger partial charge in [-0.05, 0) is 53.6 Å². The van der Waals surface area contributed by atoms with Crippen molar-refractivity contribution >= 4 is 33.1 Å². The third kappa shape index (κ3) is 4.96. The number of benzene rings is 5.